The highest BCUT2D eigenvalue weighted by Gasteiger charge is 2.42. The van der Waals surface area contributed by atoms with Gasteiger partial charge >= 0.3 is 11.9 Å². The van der Waals surface area contributed by atoms with Crippen LogP contribution in [0.4, 0.5) is 5.69 Å². The van der Waals surface area contributed by atoms with Gasteiger partial charge in [0.05, 0.1) is 14.2 Å². The molecule has 3 rings (SSSR count). The van der Waals surface area contributed by atoms with Crippen LogP contribution >= 0.6 is 7.92 Å². The van der Waals surface area contributed by atoms with E-state index in [1.54, 1.807) is 0 Å². The third-order valence-corrected chi connectivity index (χ3v) is 7.67. The molecular formula is C25H26NO4P. The van der Waals surface area contributed by atoms with Gasteiger partial charge in [-0.1, -0.05) is 72.8 Å². The van der Waals surface area contributed by atoms with Gasteiger partial charge in [-0.05, 0) is 43.2 Å². The Bertz CT molecular complexity index is 971. The highest BCUT2D eigenvalue weighted by atomic mass is 31.1. The standard InChI is InChI=1S/C25H26NO4P/c1-18-11-10-12-19(17-18)26-22(24(27)29-2)23(25(28)30-3)31(20-13-6-4-7-14-20)21-15-8-5-9-16-21/h4-17,22-23,26H,1-3H3/t22-,23+/m0/s1. The van der Waals surface area contributed by atoms with Gasteiger partial charge in [0.25, 0.3) is 0 Å². The number of carbonyl (C=O) groups excluding carboxylic acids is 2. The molecule has 0 unspecified atom stereocenters. The number of nitrogens with one attached hydrogen (secondary N) is 1. The smallest absolute Gasteiger partial charge is 0.329 e. The fourth-order valence-electron chi connectivity index (χ4n) is 3.47. The van der Waals surface area contributed by atoms with E-state index in [9.17, 15) is 9.59 Å². The molecule has 2 atom stereocenters. The predicted octanol–water partition coefficient (Wildman–Crippen LogP) is 3.62. The van der Waals surface area contributed by atoms with Gasteiger partial charge in [0.15, 0.2) is 0 Å². The van der Waals surface area contributed by atoms with E-state index >= 15 is 0 Å². The summed E-state index contributed by atoms with van der Waals surface area (Å²) in [4.78, 5) is 26.1. The average molecular weight is 435 g/mol. The molecule has 0 saturated carbocycles. The normalized spacial score (nSPS) is 12.6. The summed E-state index contributed by atoms with van der Waals surface area (Å²) in [6.07, 6.45) is 0. The minimum absolute atomic E-state index is 0.464. The number of rotatable bonds is 8. The van der Waals surface area contributed by atoms with E-state index in [1.165, 1.54) is 14.2 Å². The maximum absolute atomic E-state index is 13.2. The quantitative estimate of drug-likeness (QED) is 0.433. The van der Waals surface area contributed by atoms with Crippen LogP contribution in [0.1, 0.15) is 5.56 Å². The number of ether oxygens (including phenoxy) is 2. The fraction of sp³-hybridized carbons (Fsp3) is 0.200. The van der Waals surface area contributed by atoms with E-state index in [4.69, 9.17) is 9.47 Å². The molecule has 0 spiro atoms. The first-order valence-electron chi connectivity index (χ1n) is 9.93. The highest BCUT2D eigenvalue weighted by molar-refractivity contribution is 7.74. The summed E-state index contributed by atoms with van der Waals surface area (Å²) >= 11 is 0. The molecule has 3 aromatic rings. The lowest BCUT2D eigenvalue weighted by atomic mass is 10.1. The lowest BCUT2D eigenvalue weighted by Gasteiger charge is -2.32. The molecule has 0 bridgehead atoms. The molecule has 0 aliphatic carbocycles. The molecule has 0 saturated heterocycles. The van der Waals surface area contributed by atoms with Crippen LogP contribution in [-0.4, -0.2) is 37.9 Å². The molecule has 0 aliphatic rings. The van der Waals surface area contributed by atoms with Gasteiger partial charge in [-0.3, -0.25) is 4.79 Å². The molecule has 5 nitrogen and oxygen atoms in total. The first-order chi connectivity index (χ1) is 15.0. The second kappa shape index (κ2) is 10.7. The van der Waals surface area contributed by atoms with E-state index < -0.39 is 31.6 Å². The summed E-state index contributed by atoms with van der Waals surface area (Å²) in [5, 5.41) is 5.19. The Morgan fingerprint density at radius 3 is 1.81 bits per heavy atom. The van der Waals surface area contributed by atoms with Gasteiger partial charge in [-0.25, -0.2) is 4.79 Å². The van der Waals surface area contributed by atoms with E-state index in [2.05, 4.69) is 5.32 Å². The van der Waals surface area contributed by atoms with Gasteiger partial charge < -0.3 is 14.8 Å². The summed E-state index contributed by atoms with van der Waals surface area (Å²) in [7, 11) is 1.40. The average Bonchev–Trinajstić information content (AvgIpc) is 2.81. The number of methoxy groups -OCH3 is 2. The Kier molecular flexibility index (Phi) is 7.80. The first kappa shape index (κ1) is 22.5. The number of carbonyl (C=O) groups is 2. The number of aryl methyl sites for hydroxylation is 1. The summed E-state index contributed by atoms with van der Waals surface area (Å²) < 4.78 is 10.3. The molecule has 0 aliphatic heterocycles. The minimum Gasteiger partial charge on any atom is -0.468 e. The molecular weight excluding hydrogens is 409 g/mol. The van der Waals surface area contributed by atoms with Crippen molar-refractivity contribution >= 4 is 36.2 Å². The molecule has 0 heterocycles. The molecule has 0 fully saturated rings. The number of hydrogen-bond donors (Lipinski definition) is 1. The van der Waals surface area contributed by atoms with E-state index in [0.29, 0.717) is 0 Å². The molecule has 0 radical (unpaired) electrons. The summed E-state index contributed by atoms with van der Waals surface area (Å²) in [5.74, 6) is -0.981. The number of hydrogen-bond acceptors (Lipinski definition) is 5. The maximum atomic E-state index is 13.2. The van der Waals surface area contributed by atoms with Crippen LogP contribution in [0.3, 0.4) is 0 Å². The lowest BCUT2D eigenvalue weighted by Crippen LogP contribution is -2.48. The Balaban J connectivity index is 2.14. The van der Waals surface area contributed by atoms with Crippen LogP contribution in [0.2, 0.25) is 0 Å². The largest absolute Gasteiger partial charge is 0.468 e. The summed E-state index contributed by atoms with van der Waals surface area (Å²) in [6.45, 7) is 1.97. The molecule has 0 aromatic heterocycles. The molecule has 0 amide bonds. The van der Waals surface area contributed by atoms with Crippen LogP contribution in [0.15, 0.2) is 84.9 Å². The van der Waals surface area contributed by atoms with Crippen LogP contribution in [0, 0.1) is 6.92 Å². The molecule has 1 N–H and O–H groups in total. The van der Waals surface area contributed by atoms with E-state index in [0.717, 1.165) is 21.9 Å². The zero-order chi connectivity index (χ0) is 22.2. The van der Waals surface area contributed by atoms with Crippen molar-refractivity contribution in [3.05, 3.63) is 90.5 Å². The Labute approximate surface area is 184 Å². The predicted molar refractivity (Wildman–Crippen MR) is 125 cm³/mol. The SMILES string of the molecule is COC(=O)[C@@H](Nc1cccc(C)c1)[C@H](C(=O)OC)P(c1ccccc1)c1ccccc1. The summed E-state index contributed by atoms with van der Waals surface area (Å²) in [6, 6.07) is 26.3. The number of anilines is 1. The maximum Gasteiger partial charge on any atom is 0.329 e. The minimum atomic E-state index is -1.28. The van der Waals surface area contributed by atoms with Gasteiger partial charge in [-0.15, -0.1) is 0 Å². The Morgan fingerprint density at radius 2 is 1.32 bits per heavy atom. The Morgan fingerprint density at radius 1 is 0.774 bits per heavy atom. The van der Waals surface area contributed by atoms with E-state index in [-0.39, 0.29) is 0 Å². The number of benzene rings is 3. The Hall–Kier alpha value is -3.17. The van der Waals surface area contributed by atoms with Gasteiger partial charge in [-0.2, -0.15) is 0 Å². The van der Waals surface area contributed by atoms with Crippen LogP contribution in [0.25, 0.3) is 0 Å². The molecule has 3 aromatic carbocycles. The van der Waals surface area contributed by atoms with Crippen LogP contribution in [0.5, 0.6) is 0 Å². The zero-order valence-corrected chi connectivity index (χ0v) is 18.7. The molecule has 160 valence electrons. The zero-order valence-electron chi connectivity index (χ0n) is 17.8. The van der Waals surface area contributed by atoms with Crippen LogP contribution < -0.4 is 15.9 Å². The molecule has 6 heteroatoms. The van der Waals surface area contributed by atoms with Gasteiger partial charge in [0, 0.05) is 5.69 Å². The second-order valence-electron chi connectivity index (χ2n) is 7.02. The summed E-state index contributed by atoms with van der Waals surface area (Å²) in [5.41, 5.74) is 0.981. The van der Waals surface area contributed by atoms with Crippen molar-refractivity contribution in [3.63, 3.8) is 0 Å². The first-order valence-corrected chi connectivity index (χ1v) is 11.3. The third-order valence-electron chi connectivity index (χ3n) is 4.90. The monoisotopic (exact) mass is 435 g/mol. The van der Waals surface area contributed by atoms with Gasteiger partial charge in [0.2, 0.25) is 0 Å². The van der Waals surface area contributed by atoms with Crippen molar-refractivity contribution < 1.29 is 19.1 Å². The van der Waals surface area contributed by atoms with Crippen molar-refractivity contribution in [2.45, 2.75) is 18.6 Å². The van der Waals surface area contributed by atoms with Crippen molar-refractivity contribution in [3.8, 4) is 0 Å². The fourth-order valence-corrected chi connectivity index (χ4v) is 6.20. The van der Waals surface area contributed by atoms with Crippen molar-refractivity contribution in [2.75, 3.05) is 19.5 Å². The molecule has 31 heavy (non-hydrogen) atoms. The second-order valence-corrected chi connectivity index (χ2v) is 9.35. The van der Waals surface area contributed by atoms with E-state index in [1.807, 2.05) is 91.9 Å². The van der Waals surface area contributed by atoms with Crippen molar-refractivity contribution in [1.29, 1.82) is 0 Å². The van der Waals surface area contributed by atoms with Crippen LogP contribution in [-0.2, 0) is 19.1 Å². The number of esters is 2. The lowest BCUT2D eigenvalue weighted by molar-refractivity contribution is -0.147. The topological polar surface area (TPSA) is 64.6 Å². The van der Waals surface area contributed by atoms with Crippen molar-refractivity contribution in [2.24, 2.45) is 0 Å². The third kappa shape index (κ3) is 5.50. The van der Waals surface area contributed by atoms with Crippen molar-refractivity contribution in [1.82, 2.24) is 0 Å². The van der Waals surface area contributed by atoms with Gasteiger partial charge in [0.1, 0.15) is 11.7 Å². The highest BCUT2D eigenvalue weighted by Crippen LogP contribution is 2.42.